The predicted octanol–water partition coefficient (Wildman–Crippen LogP) is 2.61. The Balaban J connectivity index is 1.87. The van der Waals surface area contributed by atoms with Gasteiger partial charge in [0.25, 0.3) is 0 Å². The van der Waals surface area contributed by atoms with E-state index in [1.165, 1.54) is 6.42 Å². The molecule has 2 atom stereocenters. The second-order valence-corrected chi connectivity index (χ2v) is 8.08. The van der Waals surface area contributed by atoms with Crippen LogP contribution >= 0.6 is 0 Å². The molecular formula is C17H28N2O2. The number of rotatable bonds is 1. The minimum absolute atomic E-state index is 0.0428. The lowest BCUT2D eigenvalue weighted by molar-refractivity contribution is -0.159. The van der Waals surface area contributed by atoms with Crippen molar-refractivity contribution in [1.82, 2.24) is 10.2 Å². The smallest absolute Gasteiger partial charge is 0.249 e. The van der Waals surface area contributed by atoms with E-state index in [0.717, 1.165) is 44.9 Å². The van der Waals surface area contributed by atoms with Crippen LogP contribution in [0.15, 0.2) is 0 Å². The molecule has 3 rings (SSSR count). The molecule has 2 unspecified atom stereocenters. The summed E-state index contributed by atoms with van der Waals surface area (Å²) in [7, 11) is 0. The number of carbonyl (C=O) groups is 2. The third-order valence-corrected chi connectivity index (χ3v) is 5.85. The number of carbonyl (C=O) groups excluding carboxylic acids is 2. The van der Waals surface area contributed by atoms with E-state index in [2.05, 4.69) is 19.2 Å². The Morgan fingerprint density at radius 1 is 1.10 bits per heavy atom. The van der Waals surface area contributed by atoms with E-state index in [0.29, 0.717) is 0 Å². The van der Waals surface area contributed by atoms with Gasteiger partial charge < -0.3 is 10.2 Å². The SMILES string of the molecule is CC1C(=O)NC2(CCCCC2)C(=O)N1C1CCC(C)(C)C1. The first kappa shape index (κ1) is 14.9. The highest BCUT2D eigenvalue weighted by Crippen LogP contribution is 2.42. The molecule has 2 aliphatic carbocycles. The number of hydrogen-bond acceptors (Lipinski definition) is 2. The molecule has 0 aromatic heterocycles. The van der Waals surface area contributed by atoms with E-state index in [9.17, 15) is 9.59 Å². The zero-order valence-corrected chi connectivity index (χ0v) is 13.6. The zero-order chi connectivity index (χ0) is 15.3. The fourth-order valence-corrected chi connectivity index (χ4v) is 4.56. The van der Waals surface area contributed by atoms with Gasteiger partial charge in [-0.05, 0) is 44.4 Å². The minimum Gasteiger partial charge on any atom is -0.340 e. The Bertz CT molecular complexity index is 452. The lowest BCUT2D eigenvalue weighted by atomic mass is 9.78. The molecule has 118 valence electrons. The summed E-state index contributed by atoms with van der Waals surface area (Å²) in [6.07, 6.45) is 8.10. The molecule has 1 spiro atoms. The van der Waals surface area contributed by atoms with Crippen LogP contribution in [0.1, 0.15) is 72.1 Å². The number of amides is 2. The van der Waals surface area contributed by atoms with E-state index >= 15 is 0 Å². The molecule has 1 N–H and O–H groups in total. The Kier molecular flexibility index (Phi) is 3.53. The summed E-state index contributed by atoms with van der Waals surface area (Å²) in [4.78, 5) is 27.5. The van der Waals surface area contributed by atoms with Crippen LogP contribution in [0.5, 0.6) is 0 Å². The number of piperazine rings is 1. The number of nitrogens with one attached hydrogen (secondary N) is 1. The maximum absolute atomic E-state index is 13.2. The highest BCUT2D eigenvalue weighted by atomic mass is 16.2. The summed E-state index contributed by atoms with van der Waals surface area (Å²) in [5.41, 5.74) is -0.299. The zero-order valence-electron chi connectivity index (χ0n) is 13.6. The lowest BCUT2D eigenvalue weighted by Crippen LogP contribution is -2.71. The van der Waals surface area contributed by atoms with Crippen LogP contribution in [-0.2, 0) is 9.59 Å². The van der Waals surface area contributed by atoms with E-state index in [1.807, 2.05) is 11.8 Å². The van der Waals surface area contributed by atoms with Crippen LogP contribution in [0.4, 0.5) is 0 Å². The topological polar surface area (TPSA) is 49.4 Å². The maximum atomic E-state index is 13.2. The van der Waals surface area contributed by atoms with Crippen LogP contribution in [0.25, 0.3) is 0 Å². The first-order valence-corrected chi connectivity index (χ1v) is 8.49. The molecule has 4 nitrogen and oxygen atoms in total. The molecule has 0 bridgehead atoms. The highest BCUT2D eigenvalue weighted by Gasteiger charge is 2.52. The molecule has 2 amide bonds. The highest BCUT2D eigenvalue weighted by molar-refractivity contribution is 5.99. The average Bonchev–Trinajstić information content (AvgIpc) is 2.78. The van der Waals surface area contributed by atoms with E-state index < -0.39 is 5.54 Å². The monoisotopic (exact) mass is 292 g/mol. The van der Waals surface area contributed by atoms with Gasteiger partial charge in [-0.3, -0.25) is 9.59 Å². The molecule has 21 heavy (non-hydrogen) atoms. The van der Waals surface area contributed by atoms with Gasteiger partial charge >= 0.3 is 0 Å². The summed E-state index contributed by atoms with van der Waals surface area (Å²) in [5, 5.41) is 3.08. The normalized spacial score (nSPS) is 35.1. The largest absolute Gasteiger partial charge is 0.340 e. The fraction of sp³-hybridized carbons (Fsp3) is 0.882. The van der Waals surface area contributed by atoms with Crippen LogP contribution in [0.2, 0.25) is 0 Å². The van der Waals surface area contributed by atoms with Crippen molar-refractivity contribution in [2.45, 2.75) is 89.8 Å². The van der Waals surface area contributed by atoms with Gasteiger partial charge in [-0.25, -0.2) is 0 Å². The molecule has 0 radical (unpaired) electrons. The van der Waals surface area contributed by atoms with Crippen LogP contribution in [0.3, 0.4) is 0 Å². The van der Waals surface area contributed by atoms with E-state index in [-0.39, 0.29) is 29.3 Å². The van der Waals surface area contributed by atoms with Crippen molar-refractivity contribution in [2.75, 3.05) is 0 Å². The number of hydrogen-bond donors (Lipinski definition) is 1. The minimum atomic E-state index is -0.589. The molecule has 3 aliphatic rings. The summed E-state index contributed by atoms with van der Waals surface area (Å²) in [6, 6.07) is -0.0729. The van der Waals surface area contributed by atoms with Crippen LogP contribution in [-0.4, -0.2) is 34.3 Å². The third-order valence-electron chi connectivity index (χ3n) is 5.85. The van der Waals surface area contributed by atoms with Gasteiger partial charge in [0.1, 0.15) is 11.6 Å². The fourth-order valence-electron chi connectivity index (χ4n) is 4.56. The summed E-state index contributed by atoms with van der Waals surface area (Å²) >= 11 is 0. The van der Waals surface area contributed by atoms with Crippen molar-refractivity contribution in [3.8, 4) is 0 Å². The first-order chi connectivity index (χ1) is 9.85. The van der Waals surface area contributed by atoms with Gasteiger partial charge in [-0.2, -0.15) is 0 Å². The number of nitrogens with zero attached hydrogens (tertiary/aromatic N) is 1. The molecule has 3 fully saturated rings. The summed E-state index contributed by atoms with van der Waals surface area (Å²) < 4.78 is 0. The van der Waals surface area contributed by atoms with Gasteiger partial charge in [-0.1, -0.05) is 33.1 Å². The first-order valence-electron chi connectivity index (χ1n) is 8.49. The van der Waals surface area contributed by atoms with Crippen LogP contribution in [0, 0.1) is 5.41 Å². The molecule has 1 saturated heterocycles. The maximum Gasteiger partial charge on any atom is 0.249 e. The van der Waals surface area contributed by atoms with E-state index in [4.69, 9.17) is 0 Å². The third kappa shape index (κ3) is 2.47. The van der Waals surface area contributed by atoms with Gasteiger partial charge in [0.2, 0.25) is 11.8 Å². The van der Waals surface area contributed by atoms with Crippen molar-refractivity contribution >= 4 is 11.8 Å². The predicted molar refractivity (Wildman–Crippen MR) is 81.7 cm³/mol. The lowest BCUT2D eigenvalue weighted by Gasteiger charge is -2.49. The molecule has 0 aromatic carbocycles. The van der Waals surface area contributed by atoms with Gasteiger partial charge in [0, 0.05) is 6.04 Å². The Hall–Kier alpha value is -1.06. The second-order valence-electron chi connectivity index (χ2n) is 8.08. The van der Waals surface area contributed by atoms with E-state index in [1.54, 1.807) is 0 Å². The average molecular weight is 292 g/mol. The van der Waals surface area contributed by atoms with Crippen molar-refractivity contribution < 1.29 is 9.59 Å². The molecule has 2 saturated carbocycles. The Labute approximate surface area is 127 Å². The molecule has 1 aliphatic heterocycles. The van der Waals surface area contributed by atoms with Crippen LogP contribution < -0.4 is 5.32 Å². The van der Waals surface area contributed by atoms with Crippen molar-refractivity contribution in [3.63, 3.8) is 0 Å². The molecular weight excluding hydrogens is 264 g/mol. The summed E-state index contributed by atoms with van der Waals surface area (Å²) in [6.45, 7) is 6.42. The standard InChI is InChI=1S/C17H28N2O2/c1-12-14(20)18-17(8-5-4-6-9-17)15(21)19(12)13-7-10-16(2,3)11-13/h12-13H,4-11H2,1-3H3,(H,18,20). The Morgan fingerprint density at radius 2 is 1.76 bits per heavy atom. The van der Waals surface area contributed by atoms with Gasteiger partial charge in [0.15, 0.2) is 0 Å². The Morgan fingerprint density at radius 3 is 2.33 bits per heavy atom. The molecule has 4 heteroatoms. The summed E-state index contributed by atoms with van der Waals surface area (Å²) in [5.74, 6) is 0.234. The van der Waals surface area contributed by atoms with Gasteiger partial charge in [0.05, 0.1) is 0 Å². The molecule has 0 aromatic rings. The van der Waals surface area contributed by atoms with Crippen molar-refractivity contribution in [1.29, 1.82) is 0 Å². The van der Waals surface area contributed by atoms with Gasteiger partial charge in [-0.15, -0.1) is 0 Å². The molecule has 1 heterocycles. The second kappa shape index (κ2) is 4.99. The van der Waals surface area contributed by atoms with Crippen molar-refractivity contribution in [2.24, 2.45) is 5.41 Å². The quantitative estimate of drug-likeness (QED) is 0.807. The van der Waals surface area contributed by atoms with Crippen molar-refractivity contribution in [3.05, 3.63) is 0 Å².